The van der Waals surface area contributed by atoms with E-state index in [9.17, 15) is 9.59 Å². The molecule has 0 saturated carbocycles. The number of nitrogens with zero attached hydrogens (tertiary/aromatic N) is 6. The second-order valence-electron chi connectivity index (χ2n) is 17.2. The maximum atomic E-state index is 13.1. The van der Waals surface area contributed by atoms with Gasteiger partial charge in [0.15, 0.2) is 11.2 Å². The third-order valence-corrected chi connectivity index (χ3v) is 11.9. The van der Waals surface area contributed by atoms with E-state index in [4.69, 9.17) is 9.47 Å². The number of anilines is 6. The van der Waals surface area contributed by atoms with E-state index in [1.54, 1.807) is 0 Å². The molecule has 6 aromatic carbocycles. The Morgan fingerprint density at radius 1 is 0.306 bits per heavy atom. The van der Waals surface area contributed by atoms with Gasteiger partial charge in [-0.15, -0.1) is 0 Å². The van der Waals surface area contributed by atoms with Gasteiger partial charge in [-0.2, -0.15) is 0 Å². The highest BCUT2D eigenvalue weighted by molar-refractivity contribution is 5.98. The van der Waals surface area contributed by atoms with Crippen molar-refractivity contribution in [3.63, 3.8) is 0 Å². The van der Waals surface area contributed by atoms with Crippen LogP contribution >= 0.6 is 0 Å². The first kappa shape index (κ1) is 43.2. The van der Waals surface area contributed by atoms with Crippen molar-refractivity contribution in [2.75, 3.05) is 114 Å². The van der Waals surface area contributed by atoms with Crippen LogP contribution in [0.25, 0.3) is 0 Å². The normalized spacial score (nSPS) is 14.1. The zero-order valence-corrected chi connectivity index (χ0v) is 38.0. The Balaban J connectivity index is 0.000000186. The molecular formula is C52H58N6O4. The molecule has 0 amide bonds. The fourth-order valence-electron chi connectivity index (χ4n) is 8.24. The third kappa shape index (κ3) is 7.66. The zero-order valence-electron chi connectivity index (χ0n) is 38.0. The minimum absolute atomic E-state index is 0.299. The van der Waals surface area contributed by atoms with Crippen molar-refractivity contribution in [2.45, 2.75) is 11.2 Å². The van der Waals surface area contributed by atoms with Crippen LogP contribution < -0.4 is 29.4 Å². The molecule has 0 aliphatic carbocycles. The number of cyclic esters (lactones) is 2. The van der Waals surface area contributed by atoms with E-state index in [0.717, 1.165) is 67.5 Å². The predicted molar refractivity (Wildman–Crippen MR) is 255 cm³/mol. The van der Waals surface area contributed by atoms with Crippen molar-refractivity contribution in [2.24, 2.45) is 0 Å². The molecule has 2 aliphatic rings. The SMILES string of the molecule is CN(C)c1ccc(C2(c3ccc(N(C)C)cc3)OC(=O)c3cc(N(C)C)ccc32)cc1.CN(C)c1ccc(C2(c3ccc(N(C)C)cc3)OC(=O)c3cc(N(C)C)ccc32)cc1. The minimum atomic E-state index is -0.979. The summed E-state index contributed by atoms with van der Waals surface area (Å²) in [6.07, 6.45) is 0. The van der Waals surface area contributed by atoms with Crippen molar-refractivity contribution in [3.05, 3.63) is 178 Å². The van der Waals surface area contributed by atoms with Gasteiger partial charge in [-0.1, -0.05) is 60.7 Å². The van der Waals surface area contributed by atoms with Crippen molar-refractivity contribution in [1.82, 2.24) is 0 Å². The number of carbonyl (C=O) groups excluding carboxylic acids is 2. The van der Waals surface area contributed by atoms with Crippen molar-refractivity contribution >= 4 is 46.1 Å². The first-order valence-corrected chi connectivity index (χ1v) is 20.7. The fraction of sp³-hybridized carbons (Fsp3) is 0.269. The molecule has 10 nitrogen and oxygen atoms in total. The number of rotatable bonds is 10. The summed E-state index contributed by atoms with van der Waals surface area (Å²) >= 11 is 0. The molecular weight excluding hydrogens is 773 g/mol. The summed E-state index contributed by atoms with van der Waals surface area (Å²) in [5, 5.41) is 0. The van der Waals surface area contributed by atoms with E-state index in [0.29, 0.717) is 11.1 Å². The standard InChI is InChI=1S/2C26H29N3O2/c2*1-27(2)20-11-7-18(8-12-20)26(19-9-13-21(14-10-19)28(3)4)24-16-15-22(29(5)6)17-23(24)25(30)31-26/h2*7-17H,1-6H3. The van der Waals surface area contributed by atoms with Crippen LogP contribution in [0.15, 0.2) is 133 Å². The van der Waals surface area contributed by atoms with Gasteiger partial charge >= 0.3 is 11.9 Å². The molecule has 2 aliphatic heterocycles. The lowest BCUT2D eigenvalue weighted by molar-refractivity contribution is 0.0242. The second-order valence-corrected chi connectivity index (χ2v) is 17.2. The Kier molecular flexibility index (Phi) is 11.7. The number of ether oxygens (including phenoxy) is 2. The first-order chi connectivity index (χ1) is 29.5. The molecule has 2 heterocycles. The average molecular weight is 831 g/mol. The number of hydrogen-bond acceptors (Lipinski definition) is 10. The van der Waals surface area contributed by atoms with Crippen molar-refractivity contribution in [3.8, 4) is 0 Å². The molecule has 0 bridgehead atoms. The average Bonchev–Trinajstić information content (AvgIpc) is 3.74. The molecule has 0 radical (unpaired) electrons. The van der Waals surface area contributed by atoms with Crippen LogP contribution in [-0.2, 0) is 20.7 Å². The van der Waals surface area contributed by atoms with Gasteiger partial charge in [0.05, 0.1) is 11.1 Å². The van der Waals surface area contributed by atoms with Crippen LogP contribution in [-0.4, -0.2) is 96.5 Å². The molecule has 6 aromatic rings. The van der Waals surface area contributed by atoms with Gasteiger partial charge in [0.25, 0.3) is 0 Å². The minimum Gasteiger partial charge on any atom is -0.441 e. The van der Waals surface area contributed by atoms with E-state index in [-0.39, 0.29) is 11.9 Å². The quantitative estimate of drug-likeness (QED) is 0.125. The summed E-state index contributed by atoms with van der Waals surface area (Å²) in [5.74, 6) is -0.598. The van der Waals surface area contributed by atoms with Crippen LogP contribution in [0.5, 0.6) is 0 Å². The van der Waals surface area contributed by atoms with E-state index < -0.39 is 11.2 Å². The second kappa shape index (κ2) is 16.8. The highest BCUT2D eigenvalue weighted by Crippen LogP contribution is 2.50. The maximum absolute atomic E-state index is 13.1. The van der Waals surface area contributed by atoms with E-state index >= 15 is 0 Å². The summed E-state index contributed by atoms with van der Waals surface area (Å²) in [4.78, 5) is 38.4. The summed E-state index contributed by atoms with van der Waals surface area (Å²) in [7, 11) is 24.0. The highest BCUT2D eigenvalue weighted by atomic mass is 16.6. The zero-order chi connectivity index (χ0) is 44.7. The topological polar surface area (TPSA) is 72.0 Å². The highest BCUT2D eigenvalue weighted by Gasteiger charge is 2.50. The van der Waals surface area contributed by atoms with Gasteiger partial charge in [0, 0.05) is 152 Å². The van der Waals surface area contributed by atoms with E-state index in [1.807, 2.05) is 131 Å². The van der Waals surface area contributed by atoms with Crippen LogP contribution in [0.1, 0.15) is 54.1 Å². The van der Waals surface area contributed by atoms with Gasteiger partial charge in [-0.25, -0.2) is 9.59 Å². The van der Waals surface area contributed by atoms with Gasteiger partial charge in [0.2, 0.25) is 0 Å². The molecule has 0 unspecified atom stereocenters. The Labute approximate surface area is 367 Å². The molecule has 320 valence electrons. The van der Waals surface area contributed by atoms with Gasteiger partial charge in [-0.05, 0) is 72.8 Å². The summed E-state index contributed by atoms with van der Waals surface area (Å²) in [6, 6.07) is 44.9. The molecule has 0 saturated heterocycles. The molecule has 0 atom stereocenters. The maximum Gasteiger partial charge on any atom is 0.340 e. The Hall–Kier alpha value is -6.94. The van der Waals surface area contributed by atoms with Crippen molar-refractivity contribution < 1.29 is 19.1 Å². The molecule has 10 heteroatoms. The Morgan fingerprint density at radius 2 is 0.516 bits per heavy atom. The lowest BCUT2D eigenvalue weighted by atomic mass is 9.79. The smallest absolute Gasteiger partial charge is 0.340 e. The predicted octanol–water partition coefficient (Wildman–Crippen LogP) is 8.69. The Bertz CT molecular complexity index is 2280. The van der Waals surface area contributed by atoms with Gasteiger partial charge < -0.3 is 38.9 Å². The molecule has 0 fully saturated rings. The van der Waals surface area contributed by atoms with Gasteiger partial charge in [0.1, 0.15) is 0 Å². The number of hydrogen-bond donors (Lipinski definition) is 0. The molecule has 8 rings (SSSR count). The number of carbonyl (C=O) groups is 2. The van der Waals surface area contributed by atoms with E-state index in [1.165, 1.54) is 0 Å². The lowest BCUT2D eigenvalue weighted by Gasteiger charge is -2.31. The lowest BCUT2D eigenvalue weighted by Crippen LogP contribution is -2.29. The Morgan fingerprint density at radius 3 is 0.726 bits per heavy atom. The fourth-order valence-corrected chi connectivity index (χ4v) is 8.24. The van der Waals surface area contributed by atoms with Gasteiger partial charge in [-0.3, -0.25) is 0 Å². The van der Waals surface area contributed by atoms with Crippen LogP contribution in [0.2, 0.25) is 0 Å². The van der Waals surface area contributed by atoms with E-state index in [2.05, 4.69) is 117 Å². The number of fused-ring (bicyclic) bond motifs is 2. The third-order valence-electron chi connectivity index (χ3n) is 11.9. The summed E-state index contributed by atoms with van der Waals surface area (Å²) in [6.45, 7) is 0. The van der Waals surface area contributed by atoms with Crippen LogP contribution in [0.4, 0.5) is 34.1 Å². The molecule has 0 aromatic heterocycles. The summed E-state index contributed by atoms with van der Waals surface area (Å²) < 4.78 is 12.5. The molecule has 0 spiro atoms. The monoisotopic (exact) mass is 830 g/mol. The van der Waals surface area contributed by atoms with Crippen LogP contribution in [0, 0.1) is 0 Å². The largest absolute Gasteiger partial charge is 0.441 e. The molecule has 0 N–H and O–H groups in total. The number of benzene rings is 6. The summed E-state index contributed by atoms with van der Waals surface area (Å²) in [5.41, 5.74) is 11.0. The first-order valence-electron chi connectivity index (χ1n) is 20.7. The molecule has 62 heavy (non-hydrogen) atoms. The van der Waals surface area contributed by atoms with Crippen LogP contribution in [0.3, 0.4) is 0 Å². The van der Waals surface area contributed by atoms with Crippen molar-refractivity contribution in [1.29, 1.82) is 0 Å². The number of esters is 2.